The summed E-state index contributed by atoms with van der Waals surface area (Å²) in [5, 5.41) is 7.68. The maximum atomic E-state index is 13.2. The molecule has 1 saturated heterocycles. The zero-order valence-corrected chi connectivity index (χ0v) is 17.8. The van der Waals surface area contributed by atoms with E-state index < -0.39 is 11.4 Å². The molecular formula is C22H26FN7O2. The molecule has 1 aliphatic heterocycles. The van der Waals surface area contributed by atoms with Gasteiger partial charge >= 0.3 is 0 Å². The van der Waals surface area contributed by atoms with Crippen molar-refractivity contribution in [2.75, 3.05) is 37.0 Å². The Morgan fingerprint density at radius 1 is 1.25 bits per heavy atom. The van der Waals surface area contributed by atoms with Crippen LogP contribution in [0.3, 0.4) is 0 Å². The first-order valence-corrected chi connectivity index (χ1v) is 10.3. The lowest BCUT2D eigenvalue weighted by Gasteiger charge is -2.42. The van der Waals surface area contributed by atoms with Gasteiger partial charge < -0.3 is 26.4 Å². The number of benzene rings is 1. The summed E-state index contributed by atoms with van der Waals surface area (Å²) < 4.78 is 20.2. The Morgan fingerprint density at radius 2 is 1.97 bits per heavy atom. The Bertz CT molecular complexity index is 1090. The van der Waals surface area contributed by atoms with E-state index in [-0.39, 0.29) is 11.4 Å². The molecule has 0 aliphatic carbocycles. The van der Waals surface area contributed by atoms with Crippen LogP contribution in [-0.4, -0.2) is 47.4 Å². The normalized spacial score (nSPS) is 15.4. The van der Waals surface area contributed by atoms with Crippen LogP contribution in [0.1, 0.15) is 23.2 Å². The van der Waals surface area contributed by atoms with Crippen molar-refractivity contribution in [2.45, 2.75) is 18.4 Å². The fraction of sp³-hybridized carbons (Fsp3) is 0.318. The van der Waals surface area contributed by atoms with Crippen molar-refractivity contribution in [3.05, 3.63) is 60.2 Å². The number of nitrogens with one attached hydrogen (secondary N) is 1. The lowest BCUT2D eigenvalue weighted by Crippen LogP contribution is -2.50. The van der Waals surface area contributed by atoms with Crippen LogP contribution in [0.2, 0.25) is 0 Å². The van der Waals surface area contributed by atoms with Crippen LogP contribution >= 0.6 is 0 Å². The average Bonchev–Trinajstić information content (AvgIpc) is 3.25. The van der Waals surface area contributed by atoms with Crippen molar-refractivity contribution in [3.63, 3.8) is 0 Å². The van der Waals surface area contributed by atoms with Gasteiger partial charge in [-0.3, -0.25) is 9.48 Å². The zero-order valence-electron chi connectivity index (χ0n) is 17.8. The SMILES string of the molecule is COc1cc(N2CCC(CN)(n3cc(C(N)=O)c(Nc4ccc(F)cc4)n3)CC2)ccn1. The number of aromatic nitrogens is 3. The first-order chi connectivity index (χ1) is 15.4. The zero-order chi connectivity index (χ0) is 22.7. The number of nitrogens with zero attached hydrogens (tertiary/aromatic N) is 4. The number of methoxy groups -OCH3 is 1. The van der Waals surface area contributed by atoms with E-state index >= 15 is 0 Å². The molecular weight excluding hydrogens is 413 g/mol. The van der Waals surface area contributed by atoms with E-state index in [0.29, 0.717) is 23.9 Å². The van der Waals surface area contributed by atoms with Gasteiger partial charge in [-0.05, 0) is 43.2 Å². The highest BCUT2D eigenvalue weighted by Crippen LogP contribution is 2.33. The number of primary amides is 1. The van der Waals surface area contributed by atoms with Crippen LogP contribution in [0.4, 0.5) is 21.6 Å². The Labute approximate surface area is 185 Å². The van der Waals surface area contributed by atoms with Gasteiger partial charge in [-0.15, -0.1) is 0 Å². The molecule has 9 nitrogen and oxygen atoms in total. The molecule has 32 heavy (non-hydrogen) atoms. The lowest BCUT2D eigenvalue weighted by atomic mass is 9.87. The summed E-state index contributed by atoms with van der Waals surface area (Å²) >= 11 is 0. The number of rotatable bonds is 7. The third-order valence-electron chi connectivity index (χ3n) is 5.94. The van der Waals surface area contributed by atoms with Crippen LogP contribution in [0.5, 0.6) is 5.88 Å². The summed E-state index contributed by atoms with van der Waals surface area (Å²) in [5.41, 5.74) is 13.2. The molecule has 0 atom stereocenters. The topological polar surface area (TPSA) is 124 Å². The van der Waals surface area contributed by atoms with Crippen LogP contribution in [0.25, 0.3) is 0 Å². The number of pyridine rings is 1. The van der Waals surface area contributed by atoms with Gasteiger partial charge in [0.2, 0.25) is 5.88 Å². The molecule has 1 aliphatic rings. The molecule has 168 valence electrons. The molecule has 1 amide bonds. The van der Waals surface area contributed by atoms with Gasteiger partial charge in [0.1, 0.15) is 11.4 Å². The molecule has 0 radical (unpaired) electrons. The van der Waals surface area contributed by atoms with Gasteiger partial charge in [0.15, 0.2) is 5.82 Å². The minimum atomic E-state index is -0.602. The standard InChI is InChI=1S/C22H26FN7O2/c1-32-19-12-17(6-9-26-19)29-10-7-22(14-24,8-11-29)30-13-18(20(25)31)21(28-30)27-16-4-2-15(23)3-5-16/h2-6,9,12-13H,7-8,10-11,14,24H2,1H3,(H2,25,31)(H,27,28). The van der Waals surface area contributed by atoms with E-state index in [2.05, 4.69) is 20.3 Å². The number of hydrogen-bond donors (Lipinski definition) is 3. The second kappa shape index (κ2) is 8.83. The Morgan fingerprint density at radius 3 is 2.59 bits per heavy atom. The van der Waals surface area contributed by atoms with E-state index in [9.17, 15) is 9.18 Å². The van der Waals surface area contributed by atoms with Gasteiger partial charge in [0.05, 0.1) is 12.6 Å². The molecule has 3 heterocycles. The van der Waals surface area contributed by atoms with Crippen LogP contribution in [0, 0.1) is 5.82 Å². The second-order valence-corrected chi connectivity index (χ2v) is 7.80. The molecule has 3 aromatic rings. The molecule has 0 spiro atoms. The summed E-state index contributed by atoms with van der Waals surface area (Å²) in [6.45, 7) is 1.85. The van der Waals surface area contributed by atoms with Gasteiger partial charge in [0, 0.05) is 49.5 Å². The van der Waals surface area contributed by atoms with Crippen molar-refractivity contribution in [3.8, 4) is 5.88 Å². The minimum absolute atomic E-state index is 0.253. The monoisotopic (exact) mass is 439 g/mol. The first-order valence-electron chi connectivity index (χ1n) is 10.3. The molecule has 0 bridgehead atoms. The molecule has 2 aromatic heterocycles. The molecule has 1 fully saturated rings. The summed E-state index contributed by atoms with van der Waals surface area (Å²) in [4.78, 5) is 18.5. The van der Waals surface area contributed by atoms with Crippen molar-refractivity contribution >= 4 is 23.1 Å². The molecule has 1 aromatic carbocycles. The molecule has 4 rings (SSSR count). The summed E-state index contributed by atoms with van der Waals surface area (Å²) in [7, 11) is 1.59. The number of halogens is 1. The van der Waals surface area contributed by atoms with E-state index in [1.54, 1.807) is 36.3 Å². The van der Waals surface area contributed by atoms with E-state index in [1.807, 2.05) is 12.1 Å². The second-order valence-electron chi connectivity index (χ2n) is 7.80. The van der Waals surface area contributed by atoms with Gasteiger partial charge in [-0.1, -0.05) is 0 Å². The predicted octanol–water partition coefficient (Wildman–Crippen LogP) is 2.22. The number of nitrogens with two attached hydrogens (primary N) is 2. The Balaban J connectivity index is 1.57. The average molecular weight is 439 g/mol. The third-order valence-corrected chi connectivity index (χ3v) is 5.94. The van der Waals surface area contributed by atoms with Gasteiger partial charge in [0.25, 0.3) is 5.91 Å². The number of ether oxygens (including phenoxy) is 1. The Hall–Kier alpha value is -3.66. The van der Waals surface area contributed by atoms with Crippen molar-refractivity contribution < 1.29 is 13.9 Å². The fourth-order valence-electron chi connectivity index (χ4n) is 3.97. The maximum absolute atomic E-state index is 13.2. The quantitative estimate of drug-likeness (QED) is 0.516. The van der Waals surface area contributed by atoms with E-state index in [1.165, 1.54) is 12.1 Å². The number of amides is 1. The summed E-state index contributed by atoms with van der Waals surface area (Å²) in [6.07, 6.45) is 4.82. The highest BCUT2D eigenvalue weighted by Gasteiger charge is 2.37. The smallest absolute Gasteiger partial charge is 0.254 e. The van der Waals surface area contributed by atoms with Gasteiger partial charge in [-0.2, -0.15) is 5.10 Å². The van der Waals surface area contributed by atoms with Crippen molar-refractivity contribution in [2.24, 2.45) is 11.5 Å². The highest BCUT2D eigenvalue weighted by molar-refractivity contribution is 5.98. The highest BCUT2D eigenvalue weighted by atomic mass is 19.1. The molecule has 5 N–H and O–H groups in total. The molecule has 0 saturated carbocycles. The number of carbonyl (C=O) groups excluding carboxylic acids is 1. The fourth-order valence-corrected chi connectivity index (χ4v) is 3.97. The summed E-state index contributed by atoms with van der Waals surface area (Å²) in [5.74, 6) is -0.0719. The van der Waals surface area contributed by atoms with Gasteiger partial charge in [-0.25, -0.2) is 9.37 Å². The maximum Gasteiger partial charge on any atom is 0.254 e. The number of carbonyl (C=O) groups is 1. The minimum Gasteiger partial charge on any atom is -0.481 e. The van der Waals surface area contributed by atoms with Crippen LogP contribution in [0.15, 0.2) is 48.8 Å². The first kappa shape index (κ1) is 21.6. The van der Waals surface area contributed by atoms with E-state index in [0.717, 1.165) is 31.6 Å². The number of anilines is 3. The largest absolute Gasteiger partial charge is 0.481 e. The third kappa shape index (κ3) is 4.22. The number of hydrogen-bond acceptors (Lipinski definition) is 7. The Kier molecular flexibility index (Phi) is 5.95. The molecule has 10 heteroatoms. The molecule has 0 unspecified atom stereocenters. The van der Waals surface area contributed by atoms with E-state index in [4.69, 9.17) is 16.2 Å². The summed E-state index contributed by atoms with van der Waals surface area (Å²) in [6, 6.07) is 9.64. The predicted molar refractivity (Wildman–Crippen MR) is 120 cm³/mol. The van der Waals surface area contributed by atoms with Crippen LogP contribution < -0.4 is 26.4 Å². The number of piperidine rings is 1. The lowest BCUT2D eigenvalue weighted by molar-refractivity contribution is 0.100. The van der Waals surface area contributed by atoms with Crippen molar-refractivity contribution in [1.29, 1.82) is 0 Å². The van der Waals surface area contributed by atoms with Crippen LogP contribution in [-0.2, 0) is 5.54 Å². The van der Waals surface area contributed by atoms with Crippen molar-refractivity contribution in [1.82, 2.24) is 14.8 Å².